The van der Waals surface area contributed by atoms with Crippen LogP contribution in [0.3, 0.4) is 0 Å². The predicted molar refractivity (Wildman–Crippen MR) is 72.9 cm³/mol. The predicted octanol–water partition coefficient (Wildman–Crippen LogP) is 1.25. The molecule has 0 aliphatic carbocycles. The standard InChI is InChI=1S/C14H28N2O2/c1-15-12-10-13-4-5-14(11-12)16(13)6-3-7-18-9-8-17-2/h12-15H,3-11H2,1-2H3. The molecule has 2 atom stereocenters. The molecule has 2 saturated heterocycles. The van der Waals surface area contributed by atoms with Gasteiger partial charge in [0.2, 0.25) is 0 Å². The van der Waals surface area contributed by atoms with Crippen LogP contribution in [-0.4, -0.2) is 63.5 Å². The summed E-state index contributed by atoms with van der Waals surface area (Å²) in [4.78, 5) is 2.73. The van der Waals surface area contributed by atoms with Gasteiger partial charge in [0.25, 0.3) is 0 Å². The normalized spacial score (nSPS) is 32.0. The second-order valence-corrected chi connectivity index (χ2v) is 5.54. The van der Waals surface area contributed by atoms with Gasteiger partial charge in [-0.1, -0.05) is 0 Å². The lowest BCUT2D eigenvalue weighted by molar-refractivity contribution is 0.0560. The molecule has 0 saturated carbocycles. The molecule has 0 spiro atoms. The smallest absolute Gasteiger partial charge is 0.0700 e. The van der Waals surface area contributed by atoms with Gasteiger partial charge in [-0.2, -0.15) is 0 Å². The summed E-state index contributed by atoms with van der Waals surface area (Å²) in [6.45, 7) is 3.51. The molecule has 0 amide bonds. The minimum absolute atomic E-state index is 0.707. The zero-order valence-electron chi connectivity index (χ0n) is 11.9. The Bertz CT molecular complexity index is 224. The number of nitrogens with zero attached hydrogens (tertiary/aromatic N) is 1. The van der Waals surface area contributed by atoms with E-state index in [0.29, 0.717) is 6.61 Å². The van der Waals surface area contributed by atoms with Gasteiger partial charge in [0.15, 0.2) is 0 Å². The van der Waals surface area contributed by atoms with Gasteiger partial charge in [-0.3, -0.25) is 4.90 Å². The topological polar surface area (TPSA) is 33.7 Å². The lowest BCUT2D eigenvalue weighted by Crippen LogP contribution is -2.48. The van der Waals surface area contributed by atoms with E-state index >= 15 is 0 Å². The third kappa shape index (κ3) is 3.67. The molecule has 0 radical (unpaired) electrons. The fourth-order valence-corrected chi connectivity index (χ4v) is 3.47. The molecule has 0 aromatic rings. The molecule has 0 aromatic carbocycles. The van der Waals surface area contributed by atoms with E-state index < -0.39 is 0 Å². The number of methoxy groups -OCH3 is 1. The first-order valence-electron chi connectivity index (χ1n) is 7.35. The molecule has 2 rings (SSSR count). The summed E-state index contributed by atoms with van der Waals surface area (Å²) in [7, 11) is 3.82. The quantitative estimate of drug-likeness (QED) is 0.663. The summed E-state index contributed by atoms with van der Waals surface area (Å²) >= 11 is 0. The first kappa shape index (κ1) is 14.3. The highest BCUT2D eigenvalue weighted by atomic mass is 16.5. The molecule has 18 heavy (non-hydrogen) atoms. The van der Waals surface area contributed by atoms with E-state index in [9.17, 15) is 0 Å². The molecule has 2 aliphatic rings. The van der Waals surface area contributed by atoms with Gasteiger partial charge in [0, 0.05) is 38.4 Å². The Hall–Kier alpha value is -0.160. The zero-order valence-corrected chi connectivity index (χ0v) is 11.9. The van der Waals surface area contributed by atoms with Crippen LogP contribution in [0.2, 0.25) is 0 Å². The van der Waals surface area contributed by atoms with Crippen molar-refractivity contribution in [2.45, 2.75) is 50.2 Å². The fourth-order valence-electron chi connectivity index (χ4n) is 3.47. The fraction of sp³-hybridized carbons (Fsp3) is 1.00. The minimum Gasteiger partial charge on any atom is -0.382 e. The lowest BCUT2D eigenvalue weighted by Gasteiger charge is -2.38. The number of hydrogen-bond donors (Lipinski definition) is 1. The molecule has 4 heteroatoms. The van der Waals surface area contributed by atoms with Crippen molar-refractivity contribution in [1.82, 2.24) is 10.2 Å². The SMILES string of the molecule is CNC1CC2CCC(C1)N2CCCOCCOC. The van der Waals surface area contributed by atoms with Crippen LogP contribution in [0, 0.1) is 0 Å². The molecule has 106 valence electrons. The van der Waals surface area contributed by atoms with Crippen molar-refractivity contribution in [3.8, 4) is 0 Å². The maximum atomic E-state index is 5.53. The Labute approximate surface area is 111 Å². The Morgan fingerprint density at radius 3 is 2.44 bits per heavy atom. The molecular formula is C14H28N2O2. The van der Waals surface area contributed by atoms with Crippen molar-refractivity contribution in [2.24, 2.45) is 0 Å². The minimum atomic E-state index is 0.707. The largest absolute Gasteiger partial charge is 0.382 e. The van der Waals surface area contributed by atoms with Crippen LogP contribution in [0.25, 0.3) is 0 Å². The Kier molecular flexibility index (Phi) is 5.89. The lowest BCUT2D eigenvalue weighted by atomic mass is 9.97. The van der Waals surface area contributed by atoms with E-state index in [2.05, 4.69) is 17.3 Å². The summed E-state index contributed by atoms with van der Waals surface area (Å²) in [5, 5.41) is 3.45. The van der Waals surface area contributed by atoms with Crippen molar-refractivity contribution in [2.75, 3.05) is 40.5 Å². The molecule has 0 aromatic heterocycles. The van der Waals surface area contributed by atoms with E-state index in [1.807, 2.05) is 0 Å². The van der Waals surface area contributed by atoms with Crippen LogP contribution in [-0.2, 0) is 9.47 Å². The number of ether oxygens (including phenoxy) is 2. The van der Waals surface area contributed by atoms with Crippen LogP contribution >= 0.6 is 0 Å². The van der Waals surface area contributed by atoms with Crippen LogP contribution in [0.1, 0.15) is 32.1 Å². The molecule has 2 heterocycles. The molecule has 2 bridgehead atoms. The number of nitrogens with one attached hydrogen (secondary N) is 1. The summed E-state index contributed by atoms with van der Waals surface area (Å²) in [6, 6.07) is 2.39. The second kappa shape index (κ2) is 7.43. The van der Waals surface area contributed by atoms with Crippen LogP contribution in [0.15, 0.2) is 0 Å². The molecule has 1 N–H and O–H groups in total. The van der Waals surface area contributed by atoms with Crippen molar-refractivity contribution in [3.63, 3.8) is 0 Å². The third-order valence-corrected chi connectivity index (χ3v) is 4.43. The molecular weight excluding hydrogens is 228 g/mol. The van der Waals surface area contributed by atoms with E-state index in [-0.39, 0.29) is 0 Å². The summed E-state index contributed by atoms with van der Waals surface area (Å²) in [6.07, 6.45) is 6.61. The van der Waals surface area contributed by atoms with Crippen molar-refractivity contribution < 1.29 is 9.47 Å². The van der Waals surface area contributed by atoms with Gasteiger partial charge in [-0.15, -0.1) is 0 Å². The van der Waals surface area contributed by atoms with E-state index in [1.54, 1.807) is 7.11 Å². The van der Waals surface area contributed by atoms with E-state index in [0.717, 1.165) is 37.8 Å². The molecule has 2 aliphatic heterocycles. The van der Waals surface area contributed by atoms with Gasteiger partial charge in [-0.05, 0) is 39.2 Å². The van der Waals surface area contributed by atoms with Crippen LogP contribution < -0.4 is 5.32 Å². The number of rotatable bonds is 8. The van der Waals surface area contributed by atoms with Crippen molar-refractivity contribution >= 4 is 0 Å². The van der Waals surface area contributed by atoms with Crippen LogP contribution in [0.5, 0.6) is 0 Å². The Morgan fingerprint density at radius 2 is 1.83 bits per heavy atom. The van der Waals surface area contributed by atoms with Crippen molar-refractivity contribution in [1.29, 1.82) is 0 Å². The van der Waals surface area contributed by atoms with Gasteiger partial charge < -0.3 is 14.8 Å². The first-order valence-corrected chi connectivity index (χ1v) is 7.35. The molecule has 4 nitrogen and oxygen atoms in total. The maximum Gasteiger partial charge on any atom is 0.0700 e. The second-order valence-electron chi connectivity index (χ2n) is 5.54. The maximum absolute atomic E-state index is 5.53. The summed E-state index contributed by atoms with van der Waals surface area (Å²) in [5.74, 6) is 0. The van der Waals surface area contributed by atoms with E-state index in [4.69, 9.17) is 9.47 Å². The van der Waals surface area contributed by atoms with E-state index in [1.165, 1.54) is 32.2 Å². The number of fused-ring (bicyclic) bond motifs is 2. The Balaban J connectivity index is 1.62. The third-order valence-electron chi connectivity index (χ3n) is 4.43. The average molecular weight is 256 g/mol. The first-order chi connectivity index (χ1) is 8.85. The number of piperidine rings is 1. The molecule has 2 unspecified atom stereocenters. The van der Waals surface area contributed by atoms with Gasteiger partial charge in [0.05, 0.1) is 13.2 Å². The van der Waals surface area contributed by atoms with Gasteiger partial charge in [-0.25, -0.2) is 0 Å². The zero-order chi connectivity index (χ0) is 12.8. The van der Waals surface area contributed by atoms with Gasteiger partial charge >= 0.3 is 0 Å². The summed E-state index contributed by atoms with van der Waals surface area (Å²) in [5.41, 5.74) is 0. The average Bonchev–Trinajstić information content (AvgIpc) is 2.63. The highest BCUT2D eigenvalue weighted by Gasteiger charge is 2.39. The monoisotopic (exact) mass is 256 g/mol. The summed E-state index contributed by atoms with van der Waals surface area (Å²) < 4.78 is 10.5. The molecule has 2 fully saturated rings. The Morgan fingerprint density at radius 1 is 1.11 bits per heavy atom. The highest BCUT2D eigenvalue weighted by Crippen LogP contribution is 2.35. The van der Waals surface area contributed by atoms with Crippen LogP contribution in [0.4, 0.5) is 0 Å². The van der Waals surface area contributed by atoms with Crippen molar-refractivity contribution in [3.05, 3.63) is 0 Å². The number of hydrogen-bond acceptors (Lipinski definition) is 4. The van der Waals surface area contributed by atoms with Gasteiger partial charge in [0.1, 0.15) is 0 Å². The highest BCUT2D eigenvalue weighted by molar-refractivity contribution is 4.96.